The third-order valence-corrected chi connectivity index (χ3v) is 2.75. The van der Waals surface area contributed by atoms with Crippen molar-refractivity contribution in [1.82, 2.24) is 0 Å². The van der Waals surface area contributed by atoms with Crippen LogP contribution in [0.3, 0.4) is 0 Å². The number of phenols is 1. The van der Waals surface area contributed by atoms with E-state index in [2.05, 4.69) is 0 Å². The molecule has 0 saturated carbocycles. The van der Waals surface area contributed by atoms with Gasteiger partial charge in [-0.25, -0.2) is 0 Å². The van der Waals surface area contributed by atoms with Crippen LogP contribution in [0, 0.1) is 0 Å². The number of halogens is 1. The average molecular weight is 249 g/mol. The van der Waals surface area contributed by atoms with Gasteiger partial charge in [-0.3, -0.25) is 0 Å². The van der Waals surface area contributed by atoms with Crippen molar-refractivity contribution in [2.75, 3.05) is 6.61 Å². The maximum atomic E-state index is 9.35. The van der Waals surface area contributed by atoms with E-state index in [0.29, 0.717) is 11.6 Å². The average Bonchev–Trinajstić information content (AvgIpc) is 2.34. The summed E-state index contributed by atoms with van der Waals surface area (Å²) >= 11 is 5.87. The van der Waals surface area contributed by atoms with E-state index in [1.807, 2.05) is 37.3 Å². The highest BCUT2D eigenvalue weighted by atomic mass is 35.5. The highest BCUT2D eigenvalue weighted by Gasteiger charge is 2.02. The molecule has 0 aliphatic carbocycles. The van der Waals surface area contributed by atoms with E-state index >= 15 is 0 Å². The molecule has 0 heterocycles. The minimum Gasteiger partial charge on any atom is -0.506 e. The fourth-order valence-electron chi connectivity index (χ4n) is 1.60. The van der Waals surface area contributed by atoms with Gasteiger partial charge >= 0.3 is 0 Å². The first kappa shape index (κ1) is 11.8. The van der Waals surface area contributed by atoms with E-state index in [0.717, 1.165) is 16.9 Å². The van der Waals surface area contributed by atoms with Crippen LogP contribution in [0.2, 0.25) is 5.02 Å². The lowest BCUT2D eigenvalue weighted by atomic mass is 10.1. The zero-order valence-corrected chi connectivity index (χ0v) is 10.2. The van der Waals surface area contributed by atoms with E-state index < -0.39 is 0 Å². The van der Waals surface area contributed by atoms with E-state index in [-0.39, 0.29) is 5.75 Å². The Bertz CT molecular complexity index is 506. The first-order valence-electron chi connectivity index (χ1n) is 5.42. The molecule has 0 spiro atoms. The fraction of sp³-hybridized carbons (Fsp3) is 0.143. The molecule has 0 fully saturated rings. The van der Waals surface area contributed by atoms with Gasteiger partial charge in [-0.05, 0) is 42.3 Å². The maximum absolute atomic E-state index is 9.35. The number of hydrogen-bond donors (Lipinski definition) is 1. The topological polar surface area (TPSA) is 29.5 Å². The third-order valence-electron chi connectivity index (χ3n) is 2.45. The Balaban J connectivity index is 2.30. The number of rotatable bonds is 3. The Kier molecular flexibility index (Phi) is 3.55. The van der Waals surface area contributed by atoms with Crippen molar-refractivity contribution < 1.29 is 9.84 Å². The van der Waals surface area contributed by atoms with Gasteiger partial charge < -0.3 is 9.84 Å². The Morgan fingerprint density at radius 3 is 2.29 bits per heavy atom. The van der Waals surface area contributed by atoms with Crippen LogP contribution in [0.15, 0.2) is 42.5 Å². The Morgan fingerprint density at radius 1 is 1.06 bits per heavy atom. The lowest BCUT2D eigenvalue weighted by Crippen LogP contribution is -1.90. The molecule has 0 radical (unpaired) electrons. The Morgan fingerprint density at radius 2 is 1.71 bits per heavy atom. The van der Waals surface area contributed by atoms with Gasteiger partial charge in [0.2, 0.25) is 0 Å². The molecule has 88 valence electrons. The first-order valence-corrected chi connectivity index (χ1v) is 5.80. The van der Waals surface area contributed by atoms with Gasteiger partial charge in [-0.15, -0.1) is 0 Å². The van der Waals surface area contributed by atoms with Crippen molar-refractivity contribution >= 4 is 11.6 Å². The van der Waals surface area contributed by atoms with Gasteiger partial charge in [0, 0.05) is 0 Å². The summed E-state index contributed by atoms with van der Waals surface area (Å²) in [4.78, 5) is 0. The zero-order chi connectivity index (χ0) is 12.3. The summed E-state index contributed by atoms with van der Waals surface area (Å²) in [7, 11) is 0. The molecule has 0 atom stereocenters. The monoisotopic (exact) mass is 248 g/mol. The van der Waals surface area contributed by atoms with Crippen molar-refractivity contribution in [3.63, 3.8) is 0 Å². The molecule has 0 bridgehead atoms. The van der Waals surface area contributed by atoms with E-state index in [1.54, 1.807) is 12.1 Å². The quantitative estimate of drug-likeness (QED) is 0.886. The summed E-state index contributed by atoms with van der Waals surface area (Å²) in [6, 6.07) is 12.9. The summed E-state index contributed by atoms with van der Waals surface area (Å²) < 4.78 is 5.37. The molecule has 2 nitrogen and oxygen atoms in total. The van der Waals surface area contributed by atoms with Crippen LogP contribution in [-0.2, 0) is 0 Å². The lowest BCUT2D eigenvalue weighted by Gasteiger charge is -2.06. The Labute approximate surface area is 105 Å². The van der Waals surface area contributed by atoms with Crippen molar-refractivity contribution in [2.24, 2.45) is 0 Å². The van der Waals surface area contributed by atoms with Gasteiger partial charge in [-0.2, -0.15) is 0 Å². The number of benzene rings is 2. The van der Waals surface area contributed by atoms with Gasteiger partial charge in [0.1, 0.15) is 11.5 Å². The summed E-state index contributed by atoms with van der Waals surface area (Å²) in [6.07, 6.45) is 0. The maximum Gasteiger partial charge on any atom is 0.134 e. The third kappa shape index (κ3) is 2.71. The second kappa shape index (κ2) is 5.11. The summed E-state index contributed by atoms with van der Waals surface area (Å²) in [6.45, 7) is 2.61. The molecular weight excluding hydrogens is 236 g/mol. The van der Waals surface area contributed by atoms with Gasteiger partial charge in [-0.1, -0.05) is 29.8 Å². The number of hydrogen-bond acceptors (Lipinski definition) is 2. The number of phenolic OH excluding ortho intramolecular Hbond substituents is 1. The molecule has 1 N–H and O–H groups in total. The second-order valence-electron chi connectivity index (χ2n) is 3.62. The minimum atomic E-state index is 0.0985. The molecule has 3 heteroatoms. The van der Waals surface area contributed by atoms with Crippen molar-refractivity contribution in [2.45, 2.75) is 6.92 Å². The summed E-state index contributed by atoms with van der Waals surface area (Å²) in [5.41, 5.74) is 2.01. The standard InChI is InChI=1S/C14H13ClO2/c1-2-17-12-6-3-10(4-7-12)11-5-8-14(16)13(15)9-11/h3-9,16H,2H2,1H3. The highest BCUT2D eigenvalue weighted by molar-refractivity contribution is 6.32. The van der Waals surface area contributed by atoms with E-state index in [1.165, 1.54) is 0 Å². The van der Waals surface area contributed by atoms with E-state index in [4.69, 9.17) is 16.3 Å². The molecule has 2 aromatic rings. The van der Waals surface area contributed by atoms with Crippen LogP contribution in [0.5, 0.6) is 11.5 Å². The fourth-order valence-corrected chi connectivity index (χ4v) is 1.78. The van der Waals surface area contributed by atoms with Gasteiger partial charge in [0.05, 0.1) is 11.6 Å². The van der Waals surface area contributed by atoms with Crippen molar-refractivity contribution in [1.29, 1.82) is 0 Å². The van der Waals surface area contributed by atoms with Crippen molar-refractivity contribution in [3.8, 4) is 22.6 Å². The predicted octanol–water partition coefficient (Wildman–Crippen LogP) is 4.11. The summed E-state index contributed by atoms with van der Waals surface area (Å²) in [5.74, 6) is 0.947. The smallest absolute Gasteiger partial charge is 0.134 e. The van der Waals surface area contributed by atoms with Gasteiger partial charge in [0.15, 0.2) is 0 Å². The van der Waals surface area contributed by atoms with Crippen LogP contribution < -0.4 is 4.74 Å². The minimum absolute atomic E-state index is 0.0985. The van der Waals surface area contributed by atoms with Crippen LogP contribution in [0.4, 0.5) is 0 Å². The molecule has 0 amide bonds. The molecule has 17 heavy (non-hydrogen) atoms. The molecule has 0 aliphatic rings. The molecular formula is C14H13ClO2. The molecule has 0 aromatic heterocycles. The predicted molar refractivity (Wildman–Crippen MR) is 69.7 cm³/mol. The van der Waals surface area contributed by atoms with Gasteiger partial charge in [0.25, 0.3) is 0 Å². The number of ether oxygens (including phenoxy) is 1. The Hall–Kier alpha value is -1.67. The lowest BCUT2D eigenvalue weighted by molar-refractivity contribution is 0.340. The SMILES string of the molecule is CCOc1ccc(-c2ccc(O)c(Cl)c2)cc1. The molecule has 0 saturated heterocycles. The van der Waals surface area contributed by atoms with E-state index in [9.17, 15) is 5.11 Å². The van der Waals surface area contributed by atoms with Crippen LogP contribution in [0.25, 0.3) is 11.1 Å². The van der Waals surface area contributed by atoms with Crippen molar-refractivity contribution in [3.05, 3.63) is 47.5 Å². The number of aromatic hydroxyl groups is 1. The largest absolute Gasteiger partial charge is 0.506 e. The first-order chi connectivity index (χ1) is 8.20. The van der Waals surface area contributed by atoms with Crippen LogP contribution in [-0.4, -0.2) is 11.7 Å². The molecule has 0 unspecified atom stereocenters. The summed E-state index contributed by atoms with van der Waals surface area (Å²) in [5, 5.41) is 9.71. The highest BCUT2D eigenvalue weighted by Crippen LogP contribution is 2.30. The second-order valence-corrected chi connectivity index (χ2v) is 4.03. The zero-order valence-electron chi connectivity index (χ0n) is 9.48. The molecule has 2 rings (SSSR count). The normalized spacial score (nSPS) is 10.2. The molecule has 2 aromatic carbocycles. The van der Waals surface area contributed by atoms with Crippen LogP contribution >= 0.6 is 11.6 Å². The van der Waals surface area contributed by atoms with Crippen LogP contribution in [0.1, 0.15) is 6.92 Å². The molecule has 0 aliphatic heterocycles.